The van der Waals surface area contributed by atoms with Gasteiger partial charge in [-0.2, -0.15) is 0 Å². The molecule has 8 heteroatoms. The molecule has 0 bridgehead atoms. The molecule has 0 saturated heterocycles. The van der Waals surface area contributed by atoms with Gasteiger partial charge in [0.2, 0.25) is 0 Å². The van der Waals surface area contributed by atoms with E-state index in [0.29, 0.717) is 6.42 Å². The van der Waals surface area contributed by atoms with Crippen LogP contribution in [0.4, 0.5) is 4.79 Å². The van der Waals surface area contributed by atoms with Crippen molar-refractivity contribution >= 4 is 18.0 Å². The second-order valence-corrected chi connectivity index (χ2v) is 4.81. The van der Waals surface area contributed by atoms with Crippen molar-refractivity contribution in [3.05, 3.63) is 0 Å². The number of rotatable bonds is 7. The molecule has 0 aliphatic heterocycles. The van der Waals surface area contributed by atoms with Crippen LogP contribution in [-0.4, -0.2) is 53.5 Å². The topological polar surface area (TPSA) is 125 Å². The van der Waals surface area contributed by atoms with E-state index in [1.54, 1.807) is 7.11 Å². The molecule has 0 heterocycles. The number of hydrogen-bond donors (Lipinski definition) is 4. The van der Waals surface area contributed by atoms with Crippen LogP contribution in [0, 0.1) is 0 Å². The predicted octanol–water partition coefficient (Wildman–Crippen LogP) is 0.171. The predicted molar refractivity (Wildman–Crippen MR) is 68.4 cm³/mol. The summed E-state index contributed by atoms with van der Waals surface area (Å²) >= 11 is 0. The first-order valence-electron chi connectivity index (χ1n) is 6.46. The lowest BCUT2D eigenvalue weighted by atomic mass is 10.1. The molecule has 1 rings (SSSR count). The lowest BCUT2D eigenvalue weighted by molar-refractivity contribution is -0.140. The van der Waals surface area contributed by atoms with Crippen LogP contribution in [0.3, 0.4) is 0 Å². The van der Waals surface area contributed by atoms with Gasteiger partial charge >= 0.3 is 18.0 Å². The van der Waals surface area contributed by atoms with Gasteiger partial charge in [-0.15, -0.1) is 0 Å². The van der Waals surface area contributed by atoms with Gasteiger partial charge in [0, 0.05) is 19.6 Å². The highest BCUT2D eigenvalue weighted by molar-refractivity contribution is 5.83. The van der Waals surface area contributed by atoms with Crippen molar-refractivity contribution in [2.75, 3.05) is 7.11 Å². The van der Waals surface area contributed by atoms with E-state index in [2.05, 4.69) is 10.6 Å². The summed E-state index contributed by atoms with van der Waals surface area (Å²) < 4.78 is 5.18. The van der Waals surface area contributed by atoms with Crippen LogP contribution in [0.5, 0.6) is 0 Å². The van der Waals surface area contributed by atoms with Gasteiger partial charge in [0.25, 0.3) is 0 Å². The van der Waals surface area contributed by atoms with Crippen LogP contribution >= 0.6 is 0 Å². The fourth-order valence-electron chi connectivity index (χ4n) is 2.20. The second-order valence-electron chi connectivity index (χ2n) is 4.81. The summed E-state index contributed by atoms with van der Waals surface area (Å²) in [6.07, 6.45) is 1.97. The maximum absolute atomic E-state index is 11.7. The second kappa shape index (κ2) is 7.68. The Balaban J connectivity index is 2.38. The Morgan fingerprint density at radius 2 is 2.00 bits per heavy atom. The number of nitrogens with one attached hydrogen (secondary N) is 2. The molecule has 0 radical (unpaired) electrons. The monoisotopic (exact) mass is 288 g/mol. The first-order chi connectivity index (χ1) is 9.42. The molecule has 1 aliphatic rings. The molecule has 8 nitrogen and oxygen atoms in total. The average molecular weight is 288 g/mol. The minimum atomic E-state index is -1.25. The third-order valence-electron chi connectivity index (χ3n) is 3.30. The maximum Gasteiger partial charge on any atom is 0.326 e. The van der Waals surface area contributed by atoms with Gasteiger partial charge in [0.15, 0.2) is 0 Å². The summed E-state index contributed by atoms with van der Waals surface area (Å²) in [6, 6.07) is -1.84. The van der Waals surface area contributed by atoms with Crippen LogP contribution in [-0.2, 0) is 14.3 Å². The molecule has 1 saturated carbocycles. The van der Waals surface area contributed by atoms with Crippen LogP contribution in [0.15, 0.2) is 0 Å². The molecule has 0 aromatic rings. The van der Waals surface area contributed by atoms with E-state index in [9.17, 15) is 14.4 Å². The fourth-order valence-corrected chi connectivity index (χ4v) is 2.20. The number of ether oxygens (including phenoxy) is 1. The van der Waals surface area contributed by atoms with E-state index in [4.69, 9.17) is 14.9 Å². The molecule has 3 atom stereocenters. The van der Waals surface area contributed by atoms with Crippen molar-refractivity contribution in [2.45, 2.75) is 50.3 Å². The van der Waals surface area contributed by atoms with E-state index in [1.165, 1.54) is 0 Å². The van der Waals surface area contributed by atoms with E-state index in [0.717, 1.165) is 12.8 Å². The maximum atomic E-state index is 11.7. The molecule has 4 N–H and O–H groups in total. The molecule has 1 aliphatic carbocycles. The number of aliphatic carboxylic acids is 2. The summed E-state index contributed by atoms with van der Waals surface area (Å²) in [5.74, 6) is -2.35. The van der Waals surface area contributed by atoms with Crippen LogP contribution in [0.25, 0.3) is 0 Å². The molecular formula is C12H20N2O6. The number of carbonyl (C=O) groups is 3. The molecule has 114 valence electrons. The van der Waals surface area contributed by atoms with Crippen LogP contribution in [0.1, 0.15) is 32.1 Å². The molecule has 20 heavy (non-hydrogen) atoms. The van der Waals surface area contributed by atoms with Crippen molar-refractivity contribution in [1.82, 2.24) is 10.6 Å². The zero-order valence-corrected chi connectivity index (χ0v) is 11.3. The van der Waals surface area contributed by atoms with Gasteiger partial charge in [0.1, 0.15) is 6.04 Å². The standard InChI is InChI=1S/C12H20N2O6/c1-20-8-3-2-7(6-8)13-12(19)14-9(11(17)18)4-5-10(15)16/h7-9H,2-6H2,1H3,(H,15,16)(H,17,18)(H2,13,14,19). The number of carboxylic acids is 2. The van der Waals surface area contributed by atoms with Crippen LogP contribution in [0.2, 0.25) is 0 Å². The van der Waals surface area contributed by atoms with Gasteiger partial charge in [-0.3, -0.25) is 4.79 Å². The van der Waals surface area contributed by atoms with Gasteiger partial charge in [-0.1, -0.05) is 0 Å². The Morgan fingerprint density at radius 1 is 1.30 bits per heavy atom. The highest BCUT2D eigenvalue weighted by atomic mass is 16.5. The van der Waals surface area contributed by atoms with E-state index >= 15 is 0 Å². The first-order valence-corrected chi connectivity index (χ1v) is 6.46. The van der Waals surface area contributed by atoms with Crippen molar-refractivity contribution in [3.8, 4) is 0 Å². The molecule has 0 spiro atoms. The number of methoxy groups -OCH3 is 1. The Kier molecular flexibility index (Phi) is 6.23. The Hall–Kier alpha value is -1.83. The normalized spacial score (nSPS) is 23.1. The van der Waals surface area contributed by atoms with Crippen molar-refractivity contribution in [3.63, 3.8) is 0 Å². The van der Waals surface area contributed by atoms with E-state index < -0.39 is 24.0 Å². The van der Waals surface area contributed by atoms with Gasteiger partial charge in [-0.05, 0) is 25.7 Å². The Bertz CT molecular complexity index is 373. The number of carboxylic acid groups (broad SMARTS) is 2. The van der Waals surface area contributed by atoms with Crippen LogP contribution < -0.4 is 10.6 Å². The van der Waals surface area contributed by atoms with E-state index in [-0.39, 0.29) is 25.0 Å². The fraction of sp³-hybridized carbons (Fsp3) is 0.750. The first kappa shape index (κ1) is 16.2. The zero-order valence-electron chi connectivity index (χ0n) is 11.3. The quantitative estimate of drug-likeness (QED) is 0.529. The summed E-state index contributed by atoms with van der Waals surface area (Å²) in [5, 5.41) is 22.4. The smallest absolute Gasteiger partial charge is 0.326 e. The van der Waals surface area contributed by atoms with Gasteiger partial charge < -0.3 is 25.6 Å². The summed E-state index contributed by atoms with van der Waals surface area (Å²) in [6.45, 7) is 0. The summed E-state index contributed by atoms with van der Waals surface area (Å²) in [5.41, 5.74) is 0. The van der Waals surface area contributed by atoms with Crippen molar-refractivity contribution in [1.29, 1.82) is 0 Å². The minimum Gasteiger partial charge on any atom is -0.481 e. The third kappa shape index (κ3) is 5.43. The molecule has 1 fully saturated rings. The third-order valence-corrected chi connectivity index (χ3v) is 3.30. The SMILES string of the molecule is COC1CCC(NC(=O)NC(CCC(=O)O)C(=O)O)C1. The molecular weight excluding hydrogens is 268 g/mol. The Labute approximate surface area is 116 Å². The lowest BCUT2D eigenvalue weighted by Gasteiger charge is -2.17. The Morgan fingerprint density at radius 3 is 2.50 bits per heavy atom. The number of hydrogen-bond acceptors (Lipinski definition) is 4. The highest BCUT2D eigenvalue weighted by Crippen LogP contribution is 2.21. The van der Waals surface area contributed by atoms with Gasteiger partial charge in [-0.25, -0.2) is 9.59 Å². The van der Waals surface area contributed by atoms with Gasteiger partial charge in [0.05, 0.1) is 6.10 Å². The average Bonchev–Trinajstić information content (AvgIpc) is 2.81. The number of carbonyl (C=O) groups excluding carboxylic acids is 1. The van der Waals surface area contributed by atoms with Crippen molar-refractivity contribution in [2.24, 2.45) is 0 Å². The summed E-state index contributed by atoms with van der Waals surface area (Å²) in [4.78, 5) is 33.0. The lowest BCUT2D eigenvalue weighted by Crippen LogP contribution is -2.48. The zero-order chi connectivity index (χ0) is 15.1. The number of amides is 2. The summed E-state index contributed by atoms with van der Waals surface area (Å²) in [7, 11) is 1.61. The highest BCUT2D eigenvalue weighted by Gasteiger charge is 2.27. The number of urea groups is 1. The molecule has 0 aromatic carbocycles. The largest absolute Gasteiger partial charge is 0.481 e. The molecule has 3 unspecified atom stereocenters. The minimum absolute atomic E-state index is 0.0473. The van der Waals surface area contributed by atoms with E-state index in [1.807, 2.05) is 0 Å². The van der Waals surface area contributed by atoms with Crippen molar-refractivity contribution < 1.29 is 29.3 Å². The molecule has 0 aromatic heterocycles. The molecule has 2 amide bonds.